The maximum atomic E-state index is 12.2. The topological polar surface area (TPSA) is 86.7 Å². The lowest BCUT2D eigenvalue weighted by Crippen LogP contribution is -2.48. The molecule has 20 heavy (non-hydrogen) atoms. The molecule has 0 saturated heterocycles. The number of hydrogen-bond acceptors (Lipinski definition) is 3. The zero-order valence-electron chi connectivity index (χ0n) is 11.7. The Morgan fingerprint density at radius 2 is 1.80 bits per heavy atom. The second-order valence-corrected chi connectivity index (χ2v) is 4.58. The van der Waals surface area contributed by atoms with Gasteiger partial charge >= 0.3 is 5.97 Å². The molecule has 0 saturated carbocycles. The lowest BCUT2D eigenvalue weighted by atomic mass is 10.2. The molecule has 0 aliphatic rings. The standard InChI is InChI=1S/C14H18N2O4/c1-9-4-6-12(7-5-9)16(8-13(18)19)14(20)10(2)15-11(3)17/h4-7,10H,8H2,1-3H3,(H,15,17)(H,18,19). The molecule has 1 aromatic carbocycles. The Morgan fingerprint density at radius 3 is 2.25 bits per heavy atom. The summed E-state index contributed by atoms with van der Waals surface area (Å²) in [5.41, 5.74) is 1.49. The van der Waals surface area contributed by atoms with Crippen LogP contribution in [0.5, 0.6) is 0 Å². The normalized spacial score (nSPS) is 11.6. The van der Waals surface area contributed by atoms with E-state index < -0.39 is 24.5 Å². The van der Waals surface area contributed by atoms with Crippen LogP contribution in [0.25, 0.3) is 0 Å². The third kappa shape index (κ3) is 4.38. The number of amides is 2. The minimum atomic E-state index is -1.12. The molecular weight excluding hydrogens is 260 g/mol. The SMILES string of the molecule is CC(=O)NC(C)C(=O)N(CC(=O)O)c1ccc(C)cc1. The average molecular weight is 278 g/mol. The summed E-state index contributed by atoms with van der Waals surface area (Å²) in [4.78, 5) is 35.3. The Balaban J connectivity index is 2.99. The van der Waals surface area contributed by atoms with Gasteiger partial charge in [-0.1, -0.05) is 17.7 Å². The molecule has 6 nitrogen and oxygen atoms in total. The highest BCUT2D eigenvalue weighted by atomic mass is 16.4. The van der Waals surface area contributed by atoms with Crippen LogP contribution in [0.15, 0.2) is 24.3 Å². The summed E-state index contributed by atoms with van der Waals surface area (Å²) >= 11 is 0. The van der Waals surface area contributed by atoms with Crippen LogP contribution >= 0.6 is 0 Å². The molecular formula is C14H18N2O4. The van der Waals surface area contributed by atoms with Crippen molar-refractivity contribution < 1.29 is 19.5 Å². The van der Waals surface area contributed by atoms with Gasteiger partial charge in [0.1, 0.15) is 12.6 Å². The number of anilines is 1. The fourth-order valence-electron chi connectivity index (χ4n) is 1.76. The second-order valence-electron chi connectivity index (χ2n) is 4.58. The van der Waals surface area contributed by atoms with Crippen LogP contribution in [-0.4, -0.2) is 35.5 Å². The van der Waals surface area contributed by atoms with Gasteiger partial charge in [0.25, 0.3) is 0 Å². The number of nitrogens with zero attached hydrogens (tertiary/aromatic N) is 1. The number of carboxylic acids is 1. The van der Waals surface area contributed by atoms with Gasteiger partial charge < -0.3 is 10.4 Å². The molecule has 0 heterocycles. The van der Waals surface area contributed by atoms with Crippen LogP contribution in [0.3, 0.4) is 0 Å². The Bertz CT molecular complexity index is 510. The zero-order valence-corrected chi connectivity index (χ0v) is 11.7. The number of carboxylic acid groups (broad SMARTS) is 1. The Morgan fingerprint density at radius 1 is 1.25 bits per heavy atom. The molecule has 1 rings (SSSR count). The van der Waals surface area contributed by atoms with Crippen molar-refractivity contribution in [2.75, 3.05) is 11.4 Å². The van der Waals surface area contributed by atoms with E-state index in [-0.39, 0.29) is 5.91 Å². The molecule has 1 atom stereocenters. The van der Waals surface area contributed by atoms with Gasteiger partial charge in [-0.2, -0.15) is 0 Å². The van der Waals surface area contributed by atoms with Crippen molar-refractivity contribution in [3.8, 4) is 0 Å². The molecule has 0 spiro atoms. The number of aliphatic carboxylic acids is 1. The highest BCUT2D eigenvalue weighted by molar-refractivity contribution is 6.01. The predicted octanol–water partition coefficient (Wildman–Crippen LogP) is 0.937. The minimum absolute atomic E-state index is 0.343. The van der Waals surface area contributed by atoms with Crippen LogP contribution < -0.4 is 10.2 Å². The summed E-state index contributed by atoms with van der Waals surface area (Å²) in [7, 11) is 0. The number of aryl methyl sites for hydroxylation is 1. The van der Waals surface area contributed by atoms with Gasteiger partial charge in [-0.25, -0.2) is 0 Å². The molecule has 108 valence electrons. The van der Waals surface area contributed by atoms with E-state index in [4.69, 9.17) is 5.11 Å². The van der Waals surface area contributed by atoms with Crippen LogP contribution in [0.2, 0.25) is 0 Å². The van der Waals surface area contributed by atoms with E-state index in [9.17, 15) is 14.4 Å². The molecule has 0 radical (unpaired) electrons. The Hall–Kier alpha value is -2.37. The first-order chi connectivity index (χ1) is 9.31. The lowest BCUT2D eigenvalue weighted by molar-refractivity contribution is -0.136. The van der Waals surface area contributed by atoms with Crippen molar-refractivity contribution in [3.05, 3.63) is 29.8 Å². The first kappa shape index (κ1) is 15.7. The van der Waals surface area contributed by atoms with Gasteiger partial charge in [-0.05, 0) is 26.0 Å². The van der Waals surface area contributed by atoms with Crippen LogP contribution in [0.4, 0.5) is 5.69 Å². The summed E-state index contributed by atoms with van der Waals surface area (Å²) in [6.45, 7) is 4.27. The fraction of sp³-hybridized carbons (Fsp3) is 0.357. The Labute approximate surface area is 117 Å². The smallest absolute Gasteiger partial charge is 0.323 e. The largest absolute Gasteiger partial charge is 0.480 e. The van der Waals surface area contributed by atoms with Crippen molar-refractivity contribution in [1.82, 2.24) is 5.32 Å². The van der Waals surface area contributed by atoms with Crippen molar-refractivity contribution in [1.29, 1.82) is 0 Å². The highest BCUT2D eigenvalue weighted by Crippen LogP contribution is 2.16. The van der Waals surface area contributed by atoms with E-state index in [1.165, 1.54) is 13.8 Å². The average Bonchev–Trinajstić information content (AvgIpc) is 2.35. The lowest BCUT2D eigenvalue weighted by Gasteiger charge is -2.24. The molecule has 0 fully saturated rings. The predicted molar refractivity (Wildman–Crippen MR) is 74.4 cm³/mol. The summed E-state index contributed by atoms with van der Waals surface area (Å²) in [6.07, 6.45) is 0. The van der Waals surface area contributed by atoms with Gasteiger partial charge in [-0.3, -0.25) is 19.3 Å². The number of nitrogens with one attached hydrogen (secondary N) is 1. The van der Waals surface area contributed by atoms with E-state index >= 15 is 0 Å². The molecule has 0 bridgehead atoms. The first-order valence-corrected chi connectivity index (χ1v) is 6.18. The van der Waals surface area contributed by atoms with Gasteiger partial charge in [0, 0.05) is 12.6 Å². The molecule has 6 heteroatoms. The van der Waals surface area contributed by atoms with Crippen LogP contribution in [0, 0.1) is 6.92 Å². The van der Waals surface area contributed by atoms with E-state index in [1.54, 1.807) is 24.3 Å². The summed E-state index contributed by atoms with van der Waals surface area (Å²) in [6, 6.07) is 6.15. The highest BCUT2D eigenvalue weighted by Gasteiger charge is 2.24. The maximum Gasteiger partial charge on any atom is 0.323 e. The van der Waals surface area contributed by atoms with Crippen LogP contribution in [0.1, 0.15) is 19.4 Å². The Kier molecular flexibility index (Phi) is 5.25. The van der Waals surface area contributed by atoms with E-state index in [2.05, 4.69) is 5.32 Å². The molecule has 0 aliphatic heterocycles. The second kappa shape index (κ2) is 6.70. The molecule has 1 unspecified atom stereocenters. The summed E-state index contributed by atoms with van der Waals surface area (Å²) in [5.74, 6) is -1.93. The van der Waals surface area contributed by atoms with Gasteiger partial charge in [0.15, 0.2) is 0 Å². The van der Waals surface area contributed by atoms with Crippen molar-refractivity contribution in [3.63, 3.8) is 0 Å². The summed E-state index contributed by atoms with van der Waals surface area (Å²) in [5, 5.41) is 11.4. The number of carbonyl (C=O) groups excluding carboxylic acids is 2. The first-order valence-electron chi connectivity index (χ1n) is 6.18. The van der Waals surface area contributed by atoms with Gasteiger partial charge in [0.2, 0.25) is 11.8 Å². The minimum Gasteiger partial charge on any atom is -0.480 e. The fourth-order valence-corrected chi connectivity index (χ4v) is 1.76. The number of benzene rings is 1. The number of hydrogen-bond donors (Lipinski definition) is 2. The van der Waals surface area contributed by atoms with Crippen molar-refractivity contribution in [2.24, 2.45) is 0 Å². The summed E-state index contributed by atoms with van der Waals surface area (Å²) < 4.78 is 0. The van der Waals surface area contributed by atoms with E-state index in [0.29, 0.717) is 5.69 Å². The third-order valence-corrected chi connectivity index (χ3v) is 2.70. The molecule has 0 aliphatic carbocycles. The molecule has 1 aromatic rings. The van der Waals surface area contributed by atoms with Crippen molar-refractivity contribution >= 4 is 23.5 Å². The monoisotopic (exact) mass is 278 g/mol. The maximum absolute atomic E-state index is 12.2. The van der Waals surface area contributed by atoms with Gasteiger partial charge in [-0.15, -0.1) is 0 Å². The molecule has 2 amide bonds. The zero-order chi connectivity index (χ0) is 15.3. The van der Waals surface area contributed by atoms with Gasteiger partial charge in [0.05, 0.1) is 0 Å². The van der Waals surface area contributed by atoms with E-state index in [1.807, 2.05) is 6.92 Å². The quantitative estimate of drug-likeness (QED) is 0.839. The van der Waals surface area contributed by atoms with Crippen molar-refractivity contribution in [2.45, 2.75) is 26.8 Å². The third-order valence-electron chi connectivity index (χ3n) is 2.70. The van der Waals surface area contributed by atoms with E-state index in [0.717, 1.165) is 10.5 Å². The number of rotatable bonds is 5. The molecule has 0 aromatic heterocycles. The molecule has 2 N–H and O–H groups in total. The number of carbonyl (C=O) groups is 3. The van der Waals surface area contributed by atoms with Crippen LogP contribution in [-0.2, 0) is 14.4 Å².